The monoisotopic (exact) mass is 306 g/mol. The van der Waals surface area contributed by atoms with E-state index >= 15 is 0 Å². The van der Waals surface area contributed by atoms with Crippen molar-refractivity contribution in [2.24, 2.45) is 0 Å². The van der Waals surface area contributed by atoms with Gasteiger partial charge in [0.05, 0.1) is 10.7 Å². The molecule has 0 spiro atoms. The fourth-order valence-corrected chi connectivity index (χ4v) is 2.72. The van der Waals surface area contributed by atoms with Crippen LogP contribution >= 0.6 is 11.3 Å². The Labute approximate surface area is 127 Å². The van der Waals surface area contributed by atoms with Crippen molar-refractivity contribution in [3.63, 3.8) is 0 Å². The highest BCUT2D eigenvalue weighted by Gasteiger charge is 2.18. The summed E-state index contributed by atoms with van der Waals surface area (Å²) in [5.74, 6) is 2.32. The molecule has 3 rings (SSSR count). The summed E-state index contributed by atoms with van der Waals surface area (Å²) in [7, 11) is 0. The molecule has 1 aliphatic rings. The van der Waals surface area contributed by atoms with Crippen LogP contribution in [0.25, 0.3) is 0 Å². The first kappa shape index (κ1) is 14.2. The van der Waals surface area contributed by atoms with Crippen molar-refractivity contribution in [1.29, 1.82) is 0 Å². The van der Waals surface area contributed by atoms with Gasteiger partial charge in [-0.05, 0) is 19.5 Å². The fraction of sp³-hybridized carbons (Fsp3) is 0.400. The average Bonchev–Trinajstić information content (AvgIpc) is 3.10. The molecule has 0 bridgehead atoms. The molecular formula is C15H18N2O3S. The van der Waals surface area contributed by atoms with Gasteiger partial charge in [-0.3, -0.25) is 0 Å². The van der Waals surface area contributed by atoms with Gasteiger partial charge in [-0.25, -0.2) is 4.98 Å². The first-order chi connectivity index (χ1) is 10.3. The number of fused-ring (bicyclic) bond motifs is 1. The van der Waals surface area contributed by atoms with Gasteiger partial charge in [-0.2, -0.15) is 0 Å². The predicted molar refractivity (Wildman–Crippen MR) is 81.1 cm³/mol. The van der Waals surface area contributed by atoms with E-state index in [2.05, 4.69) is 17.2 Å². The molecule has 2 aromatic rings. The summed E-state index contributed by atoms with van der Waals surface area (Å²) in [6, 6.07) is 3.88. The van der Waals surface area contributed by atoms with E-state index in [1.807, 2.05) is 24.4 Å². The Morgan fingerprint density at radius 1 is 1.33 bits per heavy atom. The van der Waals surface area contributed by atoms with Crippen molar-refractivity contribution in [1.82, 2.24) is 10.3 Å². The van der Waals surface area contributed by atoms with E-state index in [4.69, 9.17) is 14.2 Å². The minimum Gasteiger partial charge on any atom is -0.487 e. The molecule has 0 unspecified atom stereocenters. The normalized spacial score (nSPS) is 12.7. The standard InChI is InChI=1S/C15H18N2O3S/c1-3-16-6-11-4-14-15(20-9-19-14)5-13(11)18-7-12-8-21-10(2)17-12/h4-5,8,16H,3,6-7,9H2,1-2H3. The lowest BCUT2D eigenvalue weighted by atomic mass is 10.1. The van der Waals surface area contributed by atoms with Crippen molar-refractivity contribution >= 4 is 11.3 Å². The minimum atomic E-state index is 0.269. The second kappa shape index (κ2) is 6.32. The highest BCUT2D eigenvalue weighted by atomic mass is 32.1. The summed E-state index contributed by atoms with van der Waals surface area (Å²) in [4.78, 5) is 4.41. The molecule has 0 atom stereocenters. The van der Waals surface area contributed by atoms with Crippen LogP contribution in [-0.4, -0.2) is 18.3 Å². The van der Waals surface area contributed by atoms with E-state index in [1.165, 1.54) is 0 Å². The minimum absolute atomic E-state index is 0.269. The van der Waals surface area contributed by atoms with Gasteiger partial charge < -0.3 is 19.5 Å². The molecule has 0 radical (unpaired) electrons. The Hall–Kier alpha value is -1.79. The number of hydrogen-bond donors (Lipinski definition) is 1. The molecule has 0 saturated carbocycles. The molecule has 0 aliphatic carbocycles. The topological polar surface area (TPSA) is 52.6 Å². The summed E-state index contributed by atoms with van der Waals surface area (Å²) in [5.41, 5.74) is 2.01. The van der Waals surface area contributed by atoms with Crippen LogP contribution in [0.2, 0.25) is 0 Å². The van der Waals surface area contributed by atoms with Gasteiger partial charge in [0.1, 0.15) is 12.4 Å². The molecule has 5 nitrogen and oxygen atoms in total. The number of ether oxygens (including phenoxy) is 3. The summed E-state index contributed by atoms with van der Waals surface area (Å²) in [6.45, 7) is 6.43. The van der Waals surface area contributed by atoms with Crippen molar-refractivity contribution in [2.75, 3.05) is 13.3 Å². The largest absolute Gasteiger partial charge is 0.487 e. The summed E-state index contributed by atoms with van der Waals surface area (Å²) in [6.07, 6.45) is 0. The average molecular weight is 306 g/mol. The Morgan fingerprint density at radius 3 is 2.86 bits per heavy atom. The van der Waals surface area contributed by atoms with Gasteiger partial charge in [0.25, 0.3) is 0 Å². The first-order valence-electron chi connectivity index (χ1n) is 6.93. The van der Waals surface area contributed by atoms with Crippen molar-refractivity contribution < 1.29 is 14.2 Å². The molecule has 2 heterocycles. The lowest BCUT2D eigenvalue weighted by Crippen LogP contribution is -2.13. The third kappa shape index (κ3) is 3.28. The molecule has 21 heavy (non-hydrogen) atoms. The quantitative estimate of drug-likeness (QED) is 0.889. The van der Waals surface area contributed by atoms with Crippen molar-refractivity contribution in [3.05, 3.63) is 33.8 Å². The molecule has 1 aliphatic heterocycles. The molecule has 0 fully saturated rings. The number of nitrogens with zero attached hydrogens (tertiary/aromatic N) is 1. The second-order valence-electron chi connectivity index (χ2n) is 4.74. The van der Waals surface area contributed by atoms with Crippen LogP contribution < -0.4 is 19.5 Å². The van der Waals surface area contributed by atoms with E-state index in [1.54, 1.807) is 11.3 Å². The zero-order valence-electron chi connectivity index (χ0n) is 12.1. The van der Waals surface area contributed by atoms with Crippen LogP contribution in [-0.2, 0) is 13.2 Å². The van der Waals surface area contributed by atoms with Crippen LogP contribution in [0.5, 0.6) is 17.2 Å². The van der Waals surface area contributed by atoms with Gasteiger partial charge >= 0.3 is 0 Å². The zero-order valence-corrected chi connectivity index (χ0v) is 13.0. The summed E-state index contributed by atoms with van der Waals surface area (Å²) in [5, 5.41) is 6.38. The van der Waals surface area contributed by atoms with E-state index in [0.29, 0.717) is 6.61 Å². The smallest absolute Gasteiger partial charge is 0.231 e. The highest BCUT2D eigenvalue weighted by Crippen LogP contribution is 2.38. The SMILES string of the molecule is CCNCc1cc2c(cc1OCc1csc(C)n1)OCO2. The molecule has 112 valence electrons. The lowest BCUT2D eigenvalue weighted by molar-refractivity contribution is 0.173. The Balaban J connectivity index is 1.78. The van der Waals surface area contributed by atoms with E-state index in [-0.39, 0.29) is 6.79 Å². The predicted octanol–water partition coefficient (Wildman–Crippen LogP) is 2.87. The Bertz CT molecular complexity index is 627. The zero-order chi connectivity index (χ0) is 14.7. The Morgan fingerprint density at radius 2 is 2.14 bits per heavy atom. The van der Waals surface area contributed by atoms with E-state index in [9.17, 15) is 0 Å². The third-order valence-corrected chi connectivity index (χ3v) is 3.99. The number of thiazole rings is 1. The first-order valence-corrected chi connectivity index (χ1v) is 7.81. The number of benzene rings is 1. The van der Waals surface area contributed by atoms with Crippen LogP contribution in [0.15, 0.2) is 17.5 Å². The van der Waals surface area contributed by atoms with Gasteiger partial charge in [0.15, 0.2) is 11.5 Å². The van der Waals surface area contributed by atoms with Crippen molar-refractivity contribution in [3.8, 4) is 17.2 Å². The maximum atomic E-state index is 5.93. The maximum Gasteiger partial charge on any atom is 0.231 e. The number of nitrogens with one attached hydrogen (secondary N) is 1. The van der Waals surface area contributed by atoms with Gasteiger partial charge in [0.2, 0.25) is 6.79 Å². The van der Waals surface area contributed by atoms with Gasteiger partial charge in [-0.15, -0.1) is 11.3 Å². The number of rotatable bonds is 6. The van der Waals surface area contributed by atoms with Crippen LogP contribution in [0.4, 0.5) is 0 Å². The number of aryl methyl sites for hydroxylation is 1. The van der Waals surface area contributed by atoms with Gasteiger partial charge in [-0.1, -0.05) is 6.92 Å². The molecule has 6 heteroatoms. The molecule has 1 aromatic heterocycles. The fourth-order valence-electron chi connectivity index (χ4n) is 2.12. The molecule has 0 saturated heterocycles. The Kier molecular flexibility index (Phi) is 4.26. The molecule has 1 N–H and O–H groups in total. The summed E-state index contributed by atoms with van der Waals surface area (Å²) < 4.78 is 16.8. The highest BCUT2D eigenvalue weighted by molar-refractivity contribution is 7.09. The van der Waals surface area contributed by atoms with Crippen LogP contribution in [0.1, 0.15) is 23.2 Å². The summed E-state index contributed by atoms with van der Waals surface area (Å²) >= 11 is 1.63. The number of hydrogen-bond acceptors (Lipinski definition) is 6. The van der Waals surface area contributed by atoms with Gasteiger partial charge in [0, 0.05) is 23.6 Å². The van der Waals surface area contributed by atoms with Crippen molar-refractivity contribution in [2.45, 2.75) is 27.0 Å². The lowest BCUT2D eigenvalue weighted by Gasteiger charge is -2.12. The van der Waals surface area contributed by atoms with Crippen LogP contribution in [0, 0.1) is 6.92 Å². The number of aromatic nitrogens is 1. The van der Waals surface area contributed by atoms with E-state index in [0.717, 1.165) is 46.6 Å². The second-order valence-corrected chi connectivity index (χ2v) is 5.80. The maximum absolute atomic E-state index is 5.93. The molecular weight excluding hydrogens is 288 g/mol. The van der Waals surface area contributed by atoms with E-state index < -0.39 is 0 Å². The third-order valence-electron chi connectivity index (χ3n) is 3.16. The van der Waals surface area contributed by atoms with Crippen LogP contribution in [0.3, 0.4) is 0 Å². The molecule has 1 aromatic carbocycles. The molecule has 0 amide bonds.